The highest BCUT2D eigenvalue weighted by molar-refractivity contribution is 8.01. The molecule has 1 N–H and O–H groups in total. The molecule has 1 aromatic carbocycles. The van der Waals surface area contributed by atoms with Gasteiger partial charge in [-0.1, -0.05) is 53.2 Å². The van der Waals surface area contributed by atoms with E-state index >= 15 is 0 Å². The van der Waals surface area contributed by atoms with E-state index in [4.69, 9.17) is 23.2 Å². The normalized spacial score (nSPS) is 19.6. The SMILES string of the molecule is CCCSc1nnc(NC(=O)[C@H]2C[C@@H]2c2cc(Cl)cc(Cl)c2)s1. The molecule has 2 aromatic rings. The van der Waals surface area contributed by atoms with Gasteiger partial charge >= 0.3 is 0 Å². The van der Waals surface area contributed by atoms with E-state index in [0.717, 1.165) is 28.5 Å². The van der Waals surface area contributed by atoms with Crippen LogP contribution in [0.2, 0.25) is 10.0 Å². The smallest absolute Gasteiger partial charge is 0.229 e. The molecule has 1 amide bonds. The molecule has 1 saturated carbocycles. The van der Waals surface area contributed by atoms with Crippen LogP contribution in [0.1, 0.15) is 31.2 Å². The summed E-state index contributed by atoms with van der Waals surface area (Å²) in [6.45, 7) is 2.12. The van der Waals surface area contributed by atoms with Gasteiger partial charge in [-0.3, -0.25) is 4.79 Å². The minimum absolute atomic E-state index is 0.0192. The van der Waals surface area contributed by atoms with Crippen molar-refractivity contribution in [2.24, 2.45) is 5.92 Å². The molecular weight excluding hydrogens is 373 g/mol. The van der Waals surface area contributed by atoms with Crippen molar-refractivity contribution in [3.8, 4) is 0 Å². The molecule has 0 saturated heterocycles. The van der Waals surface area contributed by atoms with Crippen molar-refractivity contribution in [3.63, 3.8) is 0 Å². The average Bonchev–Trinajstić information content (AvgIpc) is 3.19. The number of carbonyl (C=O) groups is 1. The van der Waals surface area contributed by atoms with Crippen molar-refractivity contribution in [2.75, 3.05) is 11.1 Å². The van der Waals surface area contributed by atoms with Crippen LogP contribution in [0.15, 0.2) is 22.5 Å². The van der Waals surface area contributed by atoms with Gasteiger partial charge in [0, 0.05) is 21.7 Å². The highest BCUT2D eigenvalue weighted by atomic mass is 35.5. The van der Waals surface area contributed by atoms with Crippen LogP contribution >= 0.6 is 46.3 Å². The van der Waals surface area contributed by atoms with E-state index in [9.17, 15) is 4.79 Å². The lowest BCUT2D eigenvalue weighted by atomic mass is 10.1. The summed E-state index contributed by atoms with van der Waals surface area (Å²) < 4.78 is 0.885. The minimum Gasteiger partial charge on any atom is -0.300 e. The predicted molar refractivity (Wildman–Crippen MR) is 96.9 cm³/mol. The van der Waals surface area contributed by atoms with Crippen LogP contribution in [-0.4, -0.2) is 21.9 Å². The van der Waals surface area contributed by atoms with E-state index in [1.807, 2.05) is 12.1 Å². The molecule has 0 spiro atoms. The Labute approximate surface area is 153 Å². The van der Waals surface area contributed by atoms with Crippen molar-refractivity contribution >= 4 is 57.3 Å². The van der Waals surface area contributed by atoms with Crippen molar-refractivity contribution < 1.29 is 4.79 Å². The van der Waals surface area contributed by atoms with Gasteiger partial charge in [0.2, 0.25) is 11.0 Å². The summed E-state index contributed by atoms with van der Waals surface area (Å²) in [5.74, 6) is 1.10. The van der Waals surface area contributed by atoms with E-state index in [-0.39, 0.29) is 17.7 Å². The van der Waals surface area contributed by atoms with Gasteiger partial charge in [0.15, 0.2) is 4.34 Å². The second-order valence-corrected chi connectivity index (χ2v) is 8.55. The van der Waals surface area contributed by atoms with E-state index in [1.165, 1.54) is 11.3 Å². The Bertz CT molecular complexity index is 702. The molecule has 1 fully saturated rings. The van der Waals surface area contributed by atoms with Gasteiger partial charge in [0.05, 0.1) is 0 Å². The number of halogens is 2. The first kappa shape index (κ1) is 17.0. The highest BCUT2D eigenvalue weighted by Gasteiger charge is 2.44. The van der Waals surface area contributed by atoms with Crippen LogP contribution in [-0.2, 0) is 4.79 Å². The van der Waals surface area contributed by atoms with Gasteiger partial charge < -0.3 is 5.32 Å². The molecule has 3 rings (SSSR count). The van der Waals surface area contributed by atoms with Gasteiger partial charge in [-0.15, -0.1) is 10.2 Å². The predicted octanol–water partition coefficient (Wildman–Crippen LogP) is 5.09. The minimum atomic E-state index is -0.0554. The maximum absolute atomic E-state index is 12.3. The summed E-state index contributed by atoms with van der Waals surface area (Å²) in [6.07, 6.45) is 1.89. The molecule has 8 heteroatoms. The fourth-order valence-electron chi connectivity index (χ4n) is 2.35. The number of aromatic nitrogens is 2. The molecule has 0 radical (unpaired) electrons. The summed E-state index contributed by atoms with van der Waals surface area (Å²) in [5, 5.41) is 12.7. The van der Waals surface area contributed by atoms with E-state index in [1.54, 1.807) is 17.8 Å². The molecule has 122 valence electrons. The third kappa shape index (κ3) is 4.38. The molecule has 1 aliphatic carbocycles. The van der Waals surface area contributed by atoms with Crippen molar-refractivity contribution in [1.82, 2.24) is 10.2 Å². The van der Waals surface area contributed by atoms with E-state index in [0.29, 0.717) is 15.2 Å². The third-order valence-electron chi connectivity index (χ3n) is 3.51. The van der Waals surface area contributed by atoms with Gasteiger partial charge in [-0.2, -0.15) is 0 Å². The van der Waals surface area contributed by atoms with Crippen molar-refractivity contribution in [1.29, 1.82) is 0 Å². The Morgan fingerprint density at radius 2 is 2.09 bits per heavy atom. The summed E-state index contributed by atoms with van der Waals surface area (Å²) >= 11 is 15.1. The average molecular weight is 388 g/mol. The quantitative estimate of drug-likeness (QED) is 0.553. The summed E-state index contributed by atoms with van der Waals surface area (Å²) in [7, 11) is 0. The summed E-state index contributed by atoms with van der Waals surface area (Å²) in [6, 6.07) is 5.44. The molecule has 0 bridgehead atoms. The topological polar surface area (TPSA) is 54.9 Å². The lowest BCUT2D eigenvalue weighted by Gasteiger charge is -2.03. The fraction of sp³-hybridized carbons (Fsp3) is 0.400. The number of thioether (sulfide) groups is 1. The Morgan fingerprint density at radius 3 is 2.78 bits per heavy atom. The number of nitrogens with zero attached hydrogens (tertiary/aromatic N) is 2. The van der Waals surface area contributed by atoms with Gasteiger partial charge in [0.25, 0.3) is 0 Å². The lowest BCUT2D eigenvalue weighted by molar-refractivity contribution is -0.117. The van der Waals surface area contributed by atoms with Crippen LogP contribution in [0.5, 0.6) is 0 Å². The molecule has 4 nitrogen and oxygen atoms in total. The first-order valence-electron chi connectivity index (χ1n) is 7.30. The zero-order valence-electron chi connectivity index (χ0n) is 12.4. The molecular formula is C15H15Cl2N3OS2. The van der Waals surface area contributed by atoms with Crippen LogP contribution in [0.25, 0.3) is 0 Å². The van der Waals surface area contributed by atoms with E-state index in [2.05, 4.69) is 22.4 Å². The van der Waals surface area contributed by atoms with E-state index < -0.39 is 0 Å². The number of benzene rings is 1. The molecule has 1 aliphatic rings. The van der Waals surface area contributed by atoms with Gasteiger partial charge in [-0.25, -0.2) is 0 Å². The second-order valence-electron chi connectivity index (χ2n) is 5.36. The zero-order valence-corrected chi connectivity index (χ0v) is 15.5. The third-order valence-corrected chi connectivity index (χ3v) is 6.12. The molecule has 2 atom stereocenters. The van der Waals surface area contributed by atoms with Gasteiger partial charge in [0.1, 0.15) is 0 Å². The number of nitrogens with one attached hydrogen (secondary N) is 1. The highest BCUT2D eigenvalue weighted by Crippen LogP contribution is 2.49. The Morgan fingerprint density at radius 1 is 1.35 bits per heavy atom. The number of carbonyl (C=O) groups excluding carboxylic acids is 1. The first-order valence-corrected chi connectivity index (χ1v) is 9.85. The number of anilines is 1. The molecule has 1 aromatic heterocycles. The monoisotopic (exact) mass is 387 g/mol. The maximum Gasteiger partial charge on any atom is 0.229 e. The Hall–Kier alpha value is -0.820. The van der Waals surface area contributed by atoms with Gasteiger partial charge in [-0.05, 0) is 42.5 Å². The van der Waals surface area contributed by atoms with Crippen LogP contribution in [0.3, 0.4) is 0 Å². The van der Waals surface area contributed by atoms with Crippen LogP contribution in [0, 0.1) is 5.92 Å². The van der Waals surface area contributed by atoms with Crippen LogP contribution in [0.4, 0.5) is 5.13 Å². The molecule has 0 aliphatic heterocycles. The number of rotatable bonds is 6. The Balaban J connectivity index is 1.58. The number of hydrogen-bond donors (Lipinski definition) is 1. The van der Waals surface area contributed by atoms with Crippen LogP contribution < -0.4 is 5.32 Å². The molecule has 1 heterocycles. The molecule has 23 heavy (non-hydrogen) atoms. The summed E-state index contributed by atoms with van der Waals surface area (Å²) in [5.41, 5.74) is 1.01. The molecule has 0 unspecified atom stereocenters. The first-order chi connectivity index (χ1) is 11.1. The Kier molecular flexibility index (Phi) is 5.46. The fourth-order valence-corrected chi connectivity index (χ4v) is 4.57. The standard InChI is InChI=1S/C15H15Cl2N3OS2/c1-2-3-22-15-20-19-14(23-15)18-13(21)12-7-11(12)8-4-9(16)6-10(17)5-8/h4-6,11-12H,2-3,7H2,1H3,(H,18,19,21)/t11-,12+/m1/s1. The summed E-state index contributed by atoms with van der Waals surface area (Å²) in [4.78, 5) is 12.3. The second kappa shape index (κ2) is 7.38. The lowest BCUT2D eigenvalue weighted by Crippen LogP contribution is -2.14. The van der Waals surface area contributed by atoms with Crippen molar-refractivity contribution in [2.45, 2.75) is 30.0 Å². The zero-order chi connectivity index (χ0) is 16.4. The number of amides is 1. The van der Waals surface area contributed by atoms with Crippen molar-refractivity contribution in [3.05, 3.63) is 33.8 Å². The largest absolute Gasteiger partial charge is 0.300 e. The maximum atomic E-state index is 12.3. The number of hydrogen-bond acceptors (Lipinski definition) is 5.